The summed E-state index contributed by atoms with van der Waals surface area (Å²) in [4.78, 5) is 22.6. The number of carbonyl (C=O) groups is 1. The Bertz CT molecular complexity index is 869. The van der Waals surface area contributed by atoms with E-state index in [1.165, 1.54) is 24.2 Å². The standard InChI is InChI=1S/C23H30N4O/c1-2-3-15-27-19-10-6-13-24-21(19)26-14-7-11-20(26)23(27)12-16-25(17-23)22(28)18-8-4-5-9-18/h6-7,10-11,13-14,18H,2-5,8-9,12,15-17H2,1H3/t23-/m1/s1. The van der Waals surface area contributed by atoms with E-state index in [0.717, 1.165) is 57.6 Å². The summed E-state index contributed by atoms with van der Waals surface area (Å²) in [5.41, 5.74) is 2.36. The molecule has 1 aliphatic carbocycles. The highest BCUT2D eigenvalue weighted by atomic mass is 16.2. The van der Waals surface area contributed by atoms with E-state index in [2.05, 4.69) is 45.7 Å². The van der Waals surface area contributed by atoms with Gasteiger partial charge in [0.15, 0.2) is 5.82 Å². The highest BCUT2D eigenvalue weighted by molar-refractivity contribution is 5.80. The number of unbranched alkanes of at least 4 members (excludes halogenated alkanes) is 1. The Kier molecular flexibility index (Phi) is 4.41. The molecule has 148 valence electrons. The van der Waals surface area contributed by atoms with Gasteiger partial charge < -0.3 is 14.4 Å². The van der Waals surface area contributed by atoms with Crippen LogP contribution in [0.5, 0.6) is 0 Å². The normalized spacial score (nSPS) is 24.0. The predicted molar refractivity (Wildman–Crippen MR) is 111 cm³/mol. The second kappa shape index (κ2) is 6.94. The van der Waals surface area contributed by atoms with Gasteiger partial charge in [-0.15, -0.1) is 0 Å². The first-order valence-corrected chi connectivity index (χ1v) is 10.9. The Balaban J connectivity index is 1.54. The van der Waals surface area contributed by atoms with E-state index in [4.69, 9.17) is 4.98 Å². The minimum Gasteiger partial charge on any atom is -0.355 e. The molecule has 0 aromatic carbocycles. The SMILES string of the molecule is CCCCN1c2cccnc2-n2cccc2[C@]12CCN(C(=O)C1CCCC1)C2. The number of fused-ring (bicyclic) bond motifs is 4. The molecule has 1 saturated heterocycles. The van der Waals surface area contributed by atoms with Crippen molar-refractivity contribution >= 4 is 11.6 Å². The highest BCUT2D eigenvalue weighted by Gasteiger charge is 2.51. The summed E-state index contributed by atoms with van der Waals surface area (Å²) in [6.45, 7) is 4.91. The van der Waals surface area contributed by atoms with Gasteiger partial charge in [0.25, 0.3) is 0 Å². The van der Waals surface area contributed by atoms with Crippen molar-refractivity contribution in [3.05, 3.63) is 42.4 Å². The third-order valence-electron chi connectivity index (χ3n) is 7.03. The van der Waals surface area contributed by atoms with Crippen molar-refractivity contribution in [3.63, 3.8) is 0 Å². The maximum Gasteiger partial charge on any atom is 0.225 e. The van der Waals surface area contributed by atoms with Crippen molar-refractivity contribution in [2.75, 3.05) is 24.5 Å². The second-order valence-electron chi connectivity index (χ2n) is 8.64. The van der Waals surface area contributed by atoms with E-state index in [0.29, 0.717) is 5.91 Å². The molecule has 2 aliphatic heterocycles. The molecule has 4 heterocycles. The number of rotatable bonds is 4. The molecule has 2 aromatic rings. The van der Waals surface area contributed by atoms with Gasteiger partial charge in [0, 0.05) is 37.9 Å². The molecule has 1 spiro atoms. The molecule has 0 N–H and O–H groups in total. The molecule has 5 nitrogen and oxygen atoms in total. The van der Waals surface area contributed by atoms with Gasteiger partial charge in [-0.3, -0.25) is 4.79 Å². The molecule has 1 saturated carbocycles. The molecule has 0 bridgehead atoms. The fourth-order valence-electron chi connectivity index (χ4n) is 5.59. The molecule has 2 fully saturated rings. The summed E-state index contributed by atoms with van der Waals surface area (Å²) >= 11 is 0. The topological polar surface area (TPSA) is 41.4 Å². The number of pyridine rings is 1. The molecule has 5 heteroatoms. The molecule has 28 heavy (non-hydrogen) atoms. The minimum absolute atomic E-state index is 0.136. The van der Waals surface area contributed by atoms with E-state index in [1.54, 1.807) is 0 Å². The fraction of sp³-hybridized carbons (Fsp3) is 0.565. The Morgan fingerprint density at radius 1 is 1.25 bits per heavy atom. The largest absolute Gasteiger partial charge is 0.355 e. The Labute approximate surface area is 167 Å². The smallest absolute Gasteiger partial charge is 0.225 e. The molecular weight excluding hydrogens is 348 g/mol. The zero-order valence-corrected chi connectivity index (χ0v) is 16.8. The molecule has 1 atom stereocenters. The van der Waals surface area contributed by atoms with Gasteiger partial charge in [-0.25, -0.2) is 4.98 Å². The first-order chi connectivity index (χ1) is 13.7. The quantitative estimate of drug-likeness (QED) is 0.804. The predicted octanol–water partition coefficient (Wildman–Crippen LogP) is 4.11. The summed E-state index contributed by atoms with van der Waals surface area (Å²) in [6.07, 6.45) is 11.9. The maximum absolute atomic E-state index is 13.2. The van der Waals surface area contributed by atoms with E-state index >= 15 is 0 Å². The van der Waals surface area contributed by atoms with Crippen molar-refractivity contribution < 1.29 is 4.79 Å². The van der Waals surface area contributed by atoms with Crippen LogP contribution in [0.1, 0.15) is 57.6 Å². The number of aromatic nitrogens is 2. The average molecular weight is 379 g/mol. The van der Waals surface area contributed by atoms with E-state index < -0.39 is 0 Å². The van der Waals surface area contributed by atoms with Crippen LogP contribution in [-0.2, 0) is 10.3 Å². The van der Waals surface area contributed by atoms with Gasteiger partial charge in [0.1, 0.15) is 5.54 Å². The number of hydrogen-bond acceptors (Lipinski definition) is 3. The van der Waals surface area contributed by atoms with Crippen LogP contribution in [0.2, 0.25) is 0 Å². The molecule has 5 rings (SSSR count). The average Bonchev–Trinajstić information content (AvgIpc) is 3.48. The summed E-state index contributed by atoms with van der Waals surface area (Å²) in [5.74, 6) is 1.66. The van der Waals surface area contributed by atoms with E-state index in [9.17, 15) is 4.79 Å². The van der Waals surface area contributed by atoms with Crippen LogP contribution >= 0.6 is 0 Å². The molecule has 1 amide bonds. The number of nitrogens with zero attached hydrogens (tertiary/aromatic N) is 4. The third kappa shape index (κ3) is 2.59. The second-order valence-corrected chi connectivity index (χ2v) is 8.64. The molecular formula is C23H30N4O. The van der Waals surface area contributed by atoms with Crippen LogP contribution in [-0.4, -0.2) is 40.0 Å². The summed E-state index contributed by atoms with van der Waals surface area (Å²) in [5, 5.41) is 0. The Morgan fingerprint density at radius 3 is 2.93 bits per heavy atom. The van der Waals surface area contributed by atoms with Gasteiger partial charge >= 0.3 is 0 Å². The zero-order valence-electron chi connectivity index (χ0n) is 16.8. The van der Waals surface area contributed by atoms with E-state index in [-0.39, 0.29) is 11.5 Å². The molecule has 3 aliphatic rings. The van der Waals surface area contributed by atoms with Crippen LogP contribution in [0.15, 0.2) is 36.7 Å². The molecule has 2 aromatic heterocycles. The number of likely N-dealkylation sites (tertiary alicyclic amines) is 1. The Hall–Kier alpha value is -2.30. The monoisotopic (exact) mass is 378 g/mol. The first kappa shape index (κ1) is 17.8. The summed E-state index contributed by atoms with van der Waals surface area (Å²) < 4.78 is 2.25. The lowest BCUT2D eigenvalue weighted by Gasteiger charge is -2.47. The van der Waals surface area contributed by atoms with Gasteiger partial charge in [0.05, 0.1) is 11.4 Å². The summed E-state index contributed by atoms with van der Waals surface area (Å²) in [7, 11) is 0. The van der Waals surface area contributed by atoms with Crippen molar-refractivity contribution in [1.82, 2.24) is 14.5 Å². The van der Waals surface area contributed by atoms with Gasteiger partial charge in [-0.05, 0) is 49.9 Å². The Morgan fingerprint density at radius 2 is 2.11 bits per heavy atom. The number of carbonyl (C=O) groups excluding carboxylic acids is 1. The van der Waals surface area contributed by atoms with Crippen molar-refractivity contribution in [1.29, 1.82) is 0 Å². The van der Waals surface area contributed by atoms with Crippen molar-refractivity contribution in [3.8, 4) is 5.82 Å². The maximum atomic E-state index is 13.2. The lowest BCUT2D eigenvalue weighted by Crippen LogP contribution is -2.53. The van der Waals surface area contributed by atoms with Crippen LogP contribution < -0.4 is 4.90 Å². The molecule has 0 radical (unpaired) electrons. The third-order valence-corrected chi connectivity index (χ3v) is 7.03. The lowest BCUT2D eigenvalue weighted by atomic mass is 9.88. The lowest BCUT2D eigenvalue weighted by molar-refractivity contribution is -0.134. The number of amides is 1. The van der Waals surface area contributed by atoms with Gasteiger partial charge in [-0.1, -0.05) is 26.2 Å². The highest BCUT2D eigenvalue weighted by Crippen LogP contribution is 2.47. The zero-order chi connectivity index (χ0) is 19.1. The summed E-state index contributed by atoms with van der Waals surface area (Å²) in [6, 6.07) is 8.60. The van der Waals surface area contributed by atoms with Crippen molar-refractivity contribution in [2.45, 2.75) is 57.4 Å². The first-order valence-electron chi connectivity index (χ1n) is 10.9. The number of hydrogen-bond donors (Lipinski definition) is 0. The van der Waals surface area contributed by atoms with E-state index in [1.807, 2.05) is 12.3 Å². The van der Waals surface area contributed by atoms with Gasteiger partial charge in [-0.2, -0.15) is 0 Å². The fourth-order valence-corrected chi connectivity index (χ4v) is 5.59. The van der Waals surface area contributed by atoms with Crippen LogP contribution in [0.25, 0.3) is 5.82 Å². The number of anilines is 1. The minimum atomic E-state index is -0.136. The van der Waals surface area contributed by atoms with Crippen LogP contribution in [0, 0.1) is 5.92 Å². The van der Waals surface area contributed by atoms with Crippen LogP contribution in [0.3, 0.4) is 0 Å². The van der Waals surface area contributed by atoms with Crippen LogP contribution in [0.4, 0.5) is 5.69 Å². The molecule has 0 unspecified atom stereocenters. The van der Waals surface area contributed by atoms with Gasteiger partial charge in [0.2, 0.25) is 5.91 Å². The van der Waals surface area contributed by atoms with Crippen molar-refractivity contribution in [2.24, 2.45) is 5.92 Å².